The average molecular weight is 268 g/mol. The topological polar surface area (TPSA) is 48.1 Å². The van der Waals surface area contributed by atoms with Crippen LogP contribution in [-0.2, 0) is 12.8 Å². The third kappa shape index (κ3) is 2.83. The van der Waals surface area contributed by atoms with Crippen LogP contribution < -0.4 is 10.5 Å². The number of aromatic nitrogens is 1. The van der Waals surface area contributed by atoms with Crippen molar-refractivity contribution in [3.63, 3.8) is 0 Å². The number of hydrogen-bond donors (Lipinski definition) is 1. The predicted octanol–water partition coefficient (Wildman–Crippen LogP) is 3.04. The maximum atomic E-state index is 6.17. The Balaban J connectivity index is 1.67. The van der Waals surface area contributed by atoms with Crippen molar-refractivity contribution in [2.45, 2.75) is 31.7 Å². The Morgan fingerprint density at radius 1 is 1.20 bits per heavy atom. The van der Waals surface area contributed by atoms with Crippen molar-refractivity contribution in [1.29, 1.82) is 0 Å². The molecule has 2 aromatic rings. The van der Waals surface area contributed by atoms with Gasteiger partial charge in [0.25, 0.3) is 0 Å². The van der Waals surface area contributed by atoms with E-state index >= 15 is 0 Å². The molecule has 104 valence electrons. The van der Waals surface area contributed by atoms with Gasteiger partial charge in [0, 0.05) is 24.9 Å². The molecule has 1 atom stereocenters. The molecule has 0 aliphatic heterocycles. The lowest BCUT2D eigenvalue weighted by Gasteiger charge is -2.24. The average Bonchev–Trinajstić information content (AvgIpc) is 2.49. The monoisotopic (exact) mass is 268 g/mol. The van der Waals surface area contributed by atoms with Gasteiger partial charge in [-0.3, -0.25) is 4.98 Å². The first-order chi connectivity index (χ1) is 9.84. The standard InChI is InChI=1S/C17H20N2O/c18-16-5-1-4-15-14(16)3-2-6-17(15)20-12-9-13-7-10-19-11-8-13/h2-3,6-8,10-11,16H,1,4-5,9,12,18H2. The number of fused-ring (bicyclic) bond motifs is 1. The zero-order valence-electron chi connectivity index (χ0n) is 11.6. The highest BCUT2D eigenvalue weighted by Crippen LogP contribution is 2.34. The van der Waals surface area contributed by atoms with E-state index < -0.39 is 0 Å². The van der Waals surface area contributed by atoms with Crippen LogP contribution in [-0.4, -0.2) is 11.6 Å². The fraction of sp³-hybridized carbons (Fsp3) is 0.353. The first-order valence-corrected chi connectivity index (χ1v) is 7.23. The molecule has 0 amide bonds. The molecular weight excluding hydrogens is 248 g/mol. The largest absolute Gasteiger partial charge is 0.493 e. The van der Waals surface area contributed by atoms with Crippen LogP contribution in [0, 0.1) is 0 Å². The van der Waals surface area contributed by atoms with Gasteiger partial charge in [-0.2, -0.15) is 0 Å². The second-order valence-corrected chi connectivity index (χ2v) is 5.28. The highest BCUT2D eigenvalue weighted by molar-refractivity contribution is 5.43. The molecule has 0 spiro atoms. The molecule has 0 saturated heterocycles. The van der Waals surface area contributed by atoms with Gasteiger partial charge in [0.15, 0.2) is 0 Å². The summed E-state index contributed by atoms with van der Waals surface area (Å²) in [7, 11) is 0. The molecule has 1 aromatic carbocycles. The normalized spacial score (nSPS) is 17.6. The quantitative estimate of drug-likeness (QED) is 0.927. The number of nitrogens with zero attached hydrogens (tertiary/aromatic N) is 1. The van der Waals surface area contributed by atoms with E-state index in [0.717, 1.165) is 31.4 Å². The molecule has 0 radical (unpaired) electrons. The van der Waals surface area contributed by atoms with Gasteiger partial charge in [0.1, 0.15) is 5.75 Å². The third-order valence-electron chi connectivity index (χ3n) is 3.91. The summed E-state index contributed by atoms with van der Waals surface area (Å²) in [5, 5.41) is 0. The van der Waals surface area contributed by atoms with E-state index in [2.05, 4.69) is 17.1 Å². The van der Waals surface area contributed by atoms with Crippen LogP contribution >= 0.6 is 0 Å². The fourth-order valence-corrected chi connectivity index (χ4v) is 2.82. The summed E-state index contributed by atoms with van der Waals surface area (Å²) in [6.45, 7) is 0.690. The summed E-state index contributed by atoms with van der Waals surface area (Å²) in [4.78, 5) is 4.02. The summed E-state index contributed by atoms with van der Waals surface area (Å²) >= 11 is 0. The zero-order chi connectivity index (χ0) is 13.8. The van der Waals surface area contributed by atoms with Crippen molar-refractivity contribution in [3.05, 3.63) is 59.4 Å². The Morgan fingerprint density at radius 2 is 2.05 bits per heavy atom. The summed E-state index contributed by atoms with van der Waals surface area (Å²) in [5.74, 6) is 1.01. The molecule has 0 fully saturated rings. The van der Waals surface area contributed by atoms with Crippen LogP contribution in [0.25, 0.3) is 0 Å². The van der Waals surface area contributed by atoms with Gasteiger partial charge in [0.05, 0.1) is 6.61 Å². The van der Waals surface area contributed by atoms with Crippen LogP contribution in [0.3, 0.4) is 0 Å². The second-order valence-electron chi connectivity index (χ2n) is 5.28. The van der Waals surface area contributed by atoms with Gasteiger partial charge in [-0.15, -0.1) is 0 Å². The molecular formula is C17H20N2O. The van der Waals surface area contributed by atoms with Crippen LogP contribution in [0.15, 0.2) is 42.7 Å². The molecule has 3 rings (SSSR count). The third-order valence-corrected chi connectivity index (χ3v) is 3.91. The minimum atomic E-state index is 0.169. The van der Waals surface area contributed by atoms with Crippen molar-refractivity contribution < 1.29 is 4.74 Å². The molecule has 1 aromatic heterocycles. The number of ether oxygens (including phenoxy) is 1. The van der Waals surface area contributed by atoms with Crippen molar-refractivity contribution >= 4 is 0 Å². The van der Waals surface area contributed by atoms with E-state index in [1.165, 1.54) is 16.7 Å². The van der Waals surface area contributed by atoms with E-state index in [1.54, 1.807) is 0 Å². The Kier molecular flexibility index (Phi) is 3.97. The summed E-state index contributed by atoms with van der Waals surface area (Å²) < 4.78 is 5.98. The zero-order valence-corrected chi connectivity index (χ0v) is 11.6. The summed E-state index contributed by atoms with van der Waals surface area (Å²) in [6.07, 6.45) is 7.84. The van der Waals surface area contributed by atoms with Gasteiger partial charge in [-0.05, 0) is 54.2 Å². The molecule has 2 N–H and O–H groups in total. The highest BCUT2D eigenvalue weighted by atomic mass is 16.5. The van der Waals surface area contributed by atoms with E-state index in [1.807, 2.05) is 30.6 Å². The van der Waals surface area contributed by atoms with Gasteiger partial charge in [-0.25, -0.2) is 0 Å². The first kappa shape index (κ1) is 13.1. The minimum absolute atomic E-state index is 0.169. The van der Waals surface area contributed by atoms with E-state index in [0.29, 0.717) is 6.61 Å². The van der Waals surface area contributed by atoms with Crippen molar-refractivity contribution in [2.75, 3.05) is 6.61 Å². The van der Waals surface area contributed by atoms with Crippen molar-refractivity contribution in [1.82, 2.24) is 4.98 Å². The Hall–Kier alpha value is -1.87. The highest BCUT2D eigenvalue weighted by Gasteiger charge is 2.19. The lowest BCUT2D eigenvalue weighted by molar-refractivity contribution is 0.316. The lowest BCUT2D eigenvalue weighted by Crippen LogP contribution is -2.18. The minimum Gasteiger partial charge on any atom is -0.493 e. The summed E-state index contributed by atoms with van der Waals surface area (Å²) in [6, 6.07) is 10.5. The summed E-state index contributed by atoms with van der Waals surface area (Å²) in [5.41, 5.74) is 9.99. The second kappa shape index (κ2) is 6.06. The van der Waals surface area contributed by atoms with Crippen LogP contribution in [0.2, 0.25) is 0 Å². The SMILES string of the molecule is NC1CCCc2c(OCCc3ccncc3)cccc21. The van der Waals surface area contributed by atoms with Gasteiger partial charge in [0.2, 0.25) is 0 Å². The number of nitrogens with two attached hydrogens (primary N) is 1. The molecule has 3 nitrogen and oxygen atoms in total. The van der Waals surface area contributed by atoms with Crippen LogP contribution in [0.1, 0.15) is 35.6 Å². The number of rotatable bonds is 4. The molecule has 3 heteroatoms. The molecule has 1 aliphatic carbocycles. The molecule has 0 saturated carbocycles. The number of hydrogen-bond acceptors (Lipinski definition) is 3. The molecule has 1 unspecified atom stereocenters. The van der Waals surface area contributed by atoms with Crippen LogP contribution in [0.5, 0.6) is 5.75 Å². The molecule has 1 aliphatic rings. The smallest absolute Gasteiger partial charge is 0.122 e. The number of benzene rings is 1. The Bertz CT molecular complexity index is 568. The molecule has 20 heavy (non-hydrogen) atoms. The van der Waals surface area contributed by atoms with Crippen molar-refractivity contribution in [2.24, 2.45) is 5.73 Å². The van der Waals surface area contributed by atoms with Crippen molar-refractivity contribution in [3.8, 4) is 5.75 Å². The maximum Gasteiger partial charge on any atom is 0.122 e. The Labute approximate surface area is 119 Å². The van der Waals surface area contributed by atoms with Gasteiger partial charge >= 0.3 is 0 Å². The van der Waals surface area contributed by atoms with E-state index in [-0.39, 0.29) is 6.04 Å². The number of pyridine rings is 1. The molecule has 1 heterocycles. The van der Waals surface area contributed by atoms with Gasteiger partial charge < -0.3 is 10.5 Å². The van der Waals surface area contributed by atoms with E-state index in [9.17, 15) is 0 Å². The lowest BCUT2D eigenvalue weighted by atomic mass is 9.87. The Morgan fingerprint density at radius 3 is 2.90 bits per heavy atom. The van der Waals surface area contributed by atoms with Gasteiger partial charge in [-0.1, -0.05) is 12.1 Å². The molecule has 0 bridgehead atoms. The predicted molar refractivity (Wildman–Crippen MR) is 79.7 cm³/mol. The first-order valence-electron chi connectivity index (χ1n) is 7.23. The maximum absolute atomic E-state index is 6.17. The fourth-order valence-electron chi connectivity index (χ4n) is 2.82. The van der Waals surface area contributed by atoms with E-state index in [4.69, 9.17) is 10.5 Å². The van der Waals surface area contributed by atoms with Crippen LogP contribution in [0.4, 0.5) is 0 Å².